The van der Waals surface area contributed by atoms with Crippen LogP contribution in [0.15, 0.2) is 59.4 Å². The van der Waals surface area contributed by atoms with E-state index in [0.717, 1.165) is 43.0 Å². The number of aryl methyl sites for hydroxylation is 1. The molecule has 2 aromatic carbocycles. The highest BCUT2D eigenvalue weighted by atomic mass is 16.1. The summed E-state index contributed by atoms with van der Waals surface area (Å²) >= 11 is 0. The molecule has 3 N–H and O–H groups in total. The van der Waals surface area contributed by atoms with Crippen LogP contribution >= 0.6 is 0 Å². The van der Waals surface area contributed by atoms with E-state index in [0.29, 0.717) is 30.2 Å². The Bertz CT molecular complexity index is 1360. The molecule has 0 saturated carbocycles. The normalized spacial score (nSPS) is 16.2. The van der Waals surface area contributed by atoms with Crippen LogP contribution in [-0.2, 0) is 20.1 Å². The number of nitrogens with two attached hydrogens (primary N) is 1. The zero-order chi connectivity index (χ0) is 23.7. The molecule has 176 valence electrons. The fourth-order valence-electron chi connectivity index (χ4n) is 4.66. The number of fused-ring (bicyclic) bond motifs is 1. The van der Waals surface area contributed by atoms with Crippen LogP contribution in [0.1, 0.15) is 29.5 Å². The zero-order valence-corrected chi connectivity index (χ0v) is 19.7. The van der Waals surface area contributed by atoms with Gasteiger partial charge in [-0.15, -0.1) is 0 Å². The van der Waals surface area contributed by atoms with Crippen molar-refractivity contribution >= 4 is 23.1 Å². The molecule has 8 nitrogen and oxygen atoms in total. The zero-order valence-electron chi connectivity index (χ0n) is 19.7. The van der Waals surface area contributed by atoms with Gasteiger partial charge in [-0.1, -0.05) is 60.2 Å². The van der Waals surface area contributed by atoms with Crippen molar-refractivity contribution in [2.75, 3.05) is 23.3 Å². The number of hydrogen-bond acceptors (Lipinski definition) is 6. The fourth-order valence-corrected chi connectivity index (χ4v) is 4.66. The summed E-state index contributed by atoms with van der Waals surface area (Å²) in [6, 6.07) is 18.5. The molecule has 34 heavy (non-hydrogen) atoms. The summed E-state index contributed by atoms with van der Waals surface area (Å²) in [7, 11) is 1.75. The van der Waals surface area contributed by atoms with Gasteiger partial charge in [0.1, 0.15) is 0 Å². The van der Waals surface area contributed by atoms with Gasteiger partial charge in [0.25, 0.3) is 5.56 Å². The molecule has 0 bridgehead atoms. The van der Waals surface area contributed by atoms with Gasteiger partial charge in [-0.05, 0) is 30.9 Å². The second-order valence-corrected chi connectivity index (χ2v) is 9.15. The van der Waals surface area contributed by atoms with Crippen LogP contribution in [0.3, 0.4) is 0 Å². The predicted octanol–water partition coefficient (Wildman–Crippen LogP) is 3.03. The highest BCUT2D eigenvalue weighted by molar-refractivity contribution is 5.75. The summed E-state index contributed by atoms with van der Waals surface area (Å²) in [6.45, 7) is 4.78. The van der Waals surface area contributed by atoms with Gasteiger partial charge in [0.2, 0.25) is 11.9 Å². The van der Waals surface area contributed by atoms with E-state index >= 15 is 0 Å². The van der Waals surface area contributed by atoms with Crippen LogP contribution in [0.4, 0.5) is 11.9 Å². The Kier molecular flexibility index (Phi) is 6.06. The summed E-state index contributed by atoms with van der Waals surface area (Å²) in [5.41, 5.74) is 10.6. The molecule has 1 aliphatic heterocycles. The molecule has 0 radical (unpaired) electrons. The van der Waals surface area contributed by atoms with Gasteiger partial charge >= 0.3 is 0 Å². The molecule has 1 saturated heterocycles. The molecule has 0 aliphatic carbocycles. The van der Waals surface area contributed by atoms with Crippen molar-refractivity contribution in [2.24, 2.45) is 12.8 Å². The molecule has 5 rings (SSSR count). The molecule has 2 aromatic heterocycles. The highest BCUT2D eigenvalue weighted by Gasteiger charge is 2.25. The summed E-state index contributed by atoms with van der Waals surface area (Å²) in [4.78, 5) is 25.4. The monoisotopic (exact) mass is 457 g/mol. The Morgan fingerprint density at radius 3 is 2.65 bits per heavy atom. The second-order valence-electron chi connectivity index (χ2n) is 9.15. The maximum Gasteiger partial charge on any atom is 0.281 e. The fraction of sp³-hybridized carbons (Fsp3) is 0.346. The minimum absolute atomic E-state index is 0.0971. The Hall–Kier alpha value is -3.65. The predicted molar refractivity (Wildman–Crippen MR) is 136 cm³/mol. The number of rotatable bonds is 6. The maximum atomic E-state index is 13.6. The van der Waals surface area contributed by atoms with Crippen LogP contribution in [0.2, 0.25) is 0 Å². The number of imidazole rings is 1. The molecule has 1 atom stereocenters. The van der Waals surface area contributed by atoms with Gasteiger partial charge in [0, 0.05) is 32.7 Å². The molecule has 1 unspecified atom stereocenters. The third kappa shape index (κ3) is 4.41. The van der Waals surface area contributed by atoms with E-state index in [1.165, 1.54) is 5.56 Å². The SMILES string of the molecule is Cc1cccc(Cn2c(N3CCCC(N)C3)nc3nc(NCc4ccccc4)n(C)c(=O)c32)c1. The van der Waals surface area contributed by atoms with Crippen LogP contribution in [0.25, 0.3) is 11.2 Å². The molecular formula is C26H31N7O. The molecule has 0 spiro atoms. The summed E-state index contributed by atoms with van der Waals surface area (Å²) in [6.07, 6.45) is 2.01. The first-order valence-electron chi connectivity index (χ1n) is 11.8. The third-order valence-corrected chi connectivity index (χ3v) is 6.42. The average Bonchev–Trinajstić information content (AvgIpc) is 3.19. The molecule has 8 heteroatoms. The van der Waals surface area contributed by atoms with Gasteiger partial charge in [-0.3, -0.25) is 13.9 Å². The third-order valence-electron chi connectivity index (χ3n) is 6.42. The molecule has 4 aromatic rings. The lowest BCUT2D eigenvalue weighted by Gasteiger charge is -2.31. The quantitative estimate of drug-likeness (QED) is 0.462. The van der Waals surface area contributed by atoms with Gasteiger partial charge in [0.05, 0.1) is 6.54 Å². The lowest BCUT2D eigenvalue weighted by molar-refractivity contribution is 0.495. The van der Waals surface area contributed by atoms with Crippen molar-refractivity contribution in [3.63, 3.8) is 0 Å². The Morgan fingerprint density at radius 1 is 1.09 bits per heavy atom. The number of anilines is 2. The number of benzene rings is 2. The van der Waals surface area contributed by atoms with Crippen molar-refractivity contribution in [3.8, 4) is 0 Å². The first-order chi connectivity index (χ1) is 16.5. The number of piperidine rings is 1. The number of nitrogens with one attached hydrogen (secondary N) is 1. The highest BCUT2D eigenvalue weighted by Crippen LogP contribution is 2.25. The molecule has 0 amide bonds. The van der Waals surface area contributed by atoms with Gasteiger partial charge in [-0.2, -0.15) is 9.97 Å². The number of nitrogens with zero attached hydrogens (tertiary/aromatic N) is 5. The molecule has 1 fully saturated rings. The van der Waals surface area contributed by atoms with E-state index < -0.39 is 0 Å². The van der Waals surface area contributed by atoms with Crippen molar-refractivity contribution in [1.29, 1.82) is 0 Å². The Balaban J connectivity index is 1.59. The Labute approximate surface area is 199 Å². The minimum Gasteiger partial charge on any atom is -0.351 e. The number of hydrogen-bond donors (Lipinski definition) is 2. The van der Waals surface area contributed by atoms with Crippen LogP contribution in [0, 0.1) is 6.92 Å². The van der Waals surface area contributed by atoms with Gasteiger partial charge < -0.3 is 16.0 Å². The van der Waals surface area contributed by atoms with E-state index in [2.05, 4.69) is 35.3 Å². The van der Waals surface area contributed by atoms with E-state index in [9.17, 15) is 4.79 Å². The first-order valence-corrected chi connectivity index (χ1v) is 11.8. The topological polar surface area (TPSA) is 94.0 Å². The van der Waals surface area contributed by atoms with Crippen LogP contribution in [0.5, 0.6) is 0 Å². The lowest BCUT2D eigenvalue weighted by Crippen LogP contribution is -2.44. The second kappa shape index (κ2) is 9.30. The maximum absolute atomic E-state index is 13.6. The molecule has 1 aliphatic rings. The Morgan fingerprint density at radius 2 is 1.88 bits per heavy atom. The summed E-state index contributed by atoms with van der Waals surface area (Å²) < 4.78 is 3.59. The van der Waals surface area contributed by atoms with Crippen LogP contribution in [-0.4, -0.2) is 38.2 Å². The molecular weight excluding hydrogens is 426 g/mol. The largest absolute Gasteiger partial charge is 0.351 e. The van der Waals surface area contributed by atoms with E-state index in [1.54, 1.807) is 11.6 Å². The van der Waals surface area contributed by atoms with Crippen LogP contribution < -0.4 is 21.5 Å². The van der Waals surface area contributed by atoms with Crippen molar-refractivity contribution in [1.82, 2.24) is 19.1 Å². The van der Waals surface area contributed by atoms with E-state index in [4.69, 9.17) is 15.7 Å². The van der Waals surface area contributed by atoms with Crippen molar-refractivity contribution in [2.45, 2.75) is 38.9 Å². The number of aromatic nitrogens is 4. The van der Waals surface area contributed by atoms with Gasteiger partial charge in [-0.25, -0.2) is 0 Å². The van der Waals surface area contributed by atoms with Crippen molar-refractivity contribution in [3.05, 3.63) is 81.6 Å². The van der Waals surface area contributed by atoms with E-state index in [1.807, 2.05) is 41.0 Å². The lowest BCUT2D eigenvalue weighted by atomic mass is 10.1. The van der Waals surface area contributed by atoms with Gasteiger partial charge in [0.15, 0.2) is 11.2 Å². The van der Waals surface area contributed by atoms with Crippen molar-refractivity contribution < 1.29 is 0 Å². The first kappa shape index (κ1) is 22.2. The molecule has 3 heterocycles. The summed E-state index contributed by atoms with van der Waals surface area (Å²) in [5.74, 6) is 1.26. The smallest absolute Gasteiger partial charge is 0.281 e. The standard InChI is InChI=1S/C26H31N7O/c1-18-8-6-11-20(14-18)16-33-22-23(30-26(33)32-13-7-12-21(27)17-32)29-25(31(2)24(22)34)28-15-19-9-4-3-5-10-19/h3-6,8-11,14,21H,7,12-13,15-17,27H2,1-2H3,(H,28,29). The average molecular weight is 458 g/mol. The minimum atomic E-state index is -0.117. The van der Waals surface area contributed by atoms with E-state index in [-0.39, 0.29) is 11.6 Å². The summed E-state index contributed by atoms with van der Waals surface area (Å²) in [5, 5.41) is 3.30.